The summed E-state index contributed by atoms with van der Waals surface area (Å²) in [7, 11) is 0. The van der Waals surface area contributed by atoms with E-state index < -0.39 is 6.10 Å². The molecule has 154 valence electrons. The number of carbonyl (C=O) groups is 2. The summed E-state index contributed by atoms with van der Waals surface area (Å²) in [5.74, 6) is 1.27. The first-order valence-electron chi connectivity index (χ1n) is 9.77. The Kier molecular flexibility index (Phi) is 6.59. The number of rotatable bonds is 8. The molecule has 3 rings (SSSR count). The van der Waals surface area contributed by atoms with Crippen molar-refractivity contribution in [1.29, 1.82) is 0 Å². The molecular weight excluding hydrogens is 372 g/mol. The lowest BCUT2D eigenvalue weighted by atomic mass is 10.1. The fourth-order valence-electron chi connectivity index (χ4n) is 3.12. The van der Waals surface area contributed by atoms with Gasteiger partial charge in [0.15, 0.2) is 17.6 Å². The van der Waals surface area contributed by atoms with Crippen LogP contribution in [0.4, 0.5) is 5.69 Å². The fourth-order valence-corrected chi connectivity index (χ4v) is 3.12. The van der Waals surface area contributed by atoms with Crippen molar-refractivity contribution in [1.82, 2.24) is 5.32 Å². The van der Waals surface area contributed by atoms with Crippen LogP contribution in [0.3, 0.4) is 0 Å². The molecule has 0 unspecified atom stereocenters. The van der Waals surface area contributed by atoms with E-state index in [4.69, 9.17) is 14.2 Å². The first-order valence-corrected chi connectivity index (χ1v) is 9.77. The highest BCUT2D eigenvalue weighted by Gasteiger charge is 2.30. The number of carbonyl (C=O) groups excluding carboxylic acids is 2. The Bertz CT molecular complexity index is 883. The summed E-state index contributed by atoms with van der Waals surface area (Å²) < 4.78 is 16.9. The van der Waals surface area contributed by atoms with Gasteiger partial charge in [-0.05, 0) is 50.6 Å². The molecule has 7 nitrogen and oxygen atoms in total. The molecule has 0 fully saturated rings. The fraction of sp³-hybridized carbons (Fsp3) is 0.364. The molecule has 0 saturated heterocycles. The van der Waals surface area contributed by atoms with Crippen molar-refractivity contribution in [2.24, 2.45) is 0 Å². The zero-order chi connectivity index (χ0) is 20.8. The predicted molar refractivity (Wildman–Crippen MR) is 109 cm³/mol. The van der Waals surface area contributed by atoms with Crippen LogP contribution in [-0.4, -0.2) is 31.1 Å². The maximum atomic E-state index is 12.5. The molecular formula is C22H26N2O5. The summed E-state index contributed by atoms with van der Waals surface area (Å²) >= 11 is 0. The van der Waals surface area contributed by atoms with Gasteiger partial charge < -0.3 is 24.8 Å². The lowest BCUT2D eigenvalue weighted by Crippen LogP contribution is -2.41. The Labute approximate surface area is 170 Å². The van der Waals surface area contributed by atoms with E-state index in [1.54, 1.807) is 12.1 Å². The average molecular weight is 398 g/mol. The van der Waals surface area contributed by atoms with Gasteiger partial charge in [0.2, 0.25) is 5.91 Å². The third kappa shape index (κ3) is 4.99. The number of amides is 2. The third-order valence-corrected chi connectivity index (χ3v) is 4.52. The molecule has 0 aliphatic carbocycles. The predicted octanol–water partition coefficient (Wildman–Crippen LogP) is 3.45. The third-order valence-electron chi connectivity index (χ3n) is 4.52. The number of hydrogen-bond donors (Lipinski definition) is 2. The number of hydrogen-bond acceptors (Lipinski definition) is 5. The zero-order valence-electron chi connectivity index (χ0n) is 16.9. The normalized spacial score (nSPS) is 16.1. The van der Waals surface area contributed by atoms with E-state index in [2.05, 4.69) is 10.6 Å². The zero-order valence-corrected chi connectivity index (χ0v) is 16.9. The number of anilines is 1. The summed E-state index contributed by atoms with van der Waals surface area (Å²) in [5.41, 5.74) is 1.49. The van der Waals surface area contributed by atoms with Crippen LogP contribution in [0.2, 0.25) is 0 Å². The molecule has 29 heavy (non-hydrogen) atoms. The van der Waals surface area contributed by atoms with Crippen LogP contribution in [0, 0.1) is 0 Å². The molecule has 2 amide bonds. The molecule has 1 aliphatic heterocycles. The number of ether oxygens (including phenoxy) is 3. The monoisotopic (exact) mass is 398 g/mol. The number of fused-ring (bicyclic) bond motifs is 1. The molecule has 1 heterocycles. The first-order chi connectivity index (χ1) is 14.0. The van der Waals surface area contributed by atoms with Crippen LogP contribution in [0.5, 0.6) is 17.2 Å². The highest BCUT2D eigenvalue weighted by molar-refractivity contribution is 5.99. The van der Waals surface area contributed by atoms with Gasteiger partial charge in [0.1, 0.15) is 5.75 Å². The Morgan fingerprint density at radius 2 is 1.86 bits per heavy atom. The molecule has 0 saturated carbocycles. The molecule has 2 aromatic carbocycles. The van der Waals surface area contributed by atoms with Gasteiger partial charge in [0.05, 0.1) is 31.4 Å². The molecule has 0 spiro atoms. The highest BCUT2D eigenvalue weighted by atomic mass is 16.5. The second-order valence-electron chi connectivity index (χ2n) is 6.66. The first kappa shape index (κ1) is 20.5. The molecule has 1 aliphatic rings. The summed E-state index contributed by atoms with van der Waals surface area (Å²) in [4.78, 5) is 24.7. The van der Waals surface area contributed by atoms with E-state index in [1.165, 1.54) is 0 Å². The summed E-state index contributed by atoms with van der Waals surface area (Å²) in [5, 5.41) is 5.68. The van der Waals surface area contributed by atoms with Crippen molar-refractivity contribution in [3.63, 3.8) is 0 Å². The van der Waals surface area contributed by atoms with E-state index >= 15 is 0 Å². The minimum atomic E-state index is -0.864. The largest absolute Gasteiger partial charge is 0.490 e. The quantitative estimate of drug-likeness (QED) is 0.711. The Morgan fingerprint density at radius 1 is 1.14 bits per heavy atom. The van der Waals surface area contributed by atoms with Crippen molar-refractivity contribution in [2.45, 2.75) is 39.3 Å². The lowest BCUT2D eigenvalue weighted by Gasteiger charge is -2.26. The van der Waals surface area contributed by atoms with Gasteiger partial charge in [-0.2, -0.15) is 0 Å². The SMILES string of the molecule is CCOc1ccc([C@H](C)NC(=O)C[C@H]2Oc3ccccc3NC2=O)cc1OCC. The minimum Gasteiger partial charge on any atom is -0.490 e. The van der Waals surface area contributed by atoms with Gasteiger partial charge in [-0.1, -0.05) is 18.2 Å². The number of benzene rings is 2. The van der Waals surface area contributed by atoms with Crippen LogP contribution in [0.15, 0.2) is 42.5 Å². The summed E-state index contributed by atoms with van der Waals surface area (Å²) in [6.45, 7) is 6.74. The smallest absolute Gasteiger partial charge is 0.266 e. The van der Waals surface area contributed by atoms with E-state index in [1.807, 2.05) is 51.1 Å². The van der Waals surface area contributed by atoms with Crippen molar-refractivity contribution in [3.05, 3.63) is 48.0 Å². The second-order valence-corrected chi connectivity index (χ2v) is 6.66. The maximum Gasteiger partial charge on any atom is 0.266 e. The molecule has 2 atom stereocenters. The summed E-state index contributed by atoms with van der Waals surface area (Å²) in [6, 6.07) is 12.5. The standard InChI is InChI=1S/C22H26N2O5/c1-4-27-18-11-10-15(12-19(18)28-5-2)14(3)23-21(25)13-20-22(26)24-16-8-6-7-9-17(16)29-20/h6-12,14,20H,4-5,13H2,1-3H3,(H,23,25)(H,24,26)/t14-,20+/m0/s1. The average Bonchev–Trinajstić information content (AvgIpc) is 2.70. The van der Waals surface area contributed by atoms with Crippen LogP contribution >= 0.6 is 0 Å². The van der Waals surface area contributed by atoms with Gasteiger partial charge in [0, 0.05) is 0 Å². The van der Waals surface area contributed by atoms with Crippen molar-refractivity contribution < 1.29 is 23.8 Å². The molecule has 0 radical (unpaired) electrons. The van der Waals surface area contributed by atoms with Crippen LogP contribution in [-0.2, 0) is 9.59 Å². The second kappa shape index (κ2) is 9.32. The minimum absolute atomic E-state index is 0.0696. The Morgan fingerprint density at radius 3 is 2.62 bits per heavy atom. The van der Waals surface area contributed by atoms with Crippen molar-refractivity contribution in [3.8, 4) is 17.2 Å². The maximum absolute atomic E-state index is 12.5. The van der Waals surface area contributed by atoms with Crippen LogP contribution in [0.1, 0.15) is 38.8 Å². The number of nitrogens with one attached hydrogen (secondary N) is 2. The van der Waals surface area contributed by atoms with Crippen LogP contribution in [0.25, 0.3) is 0 Å². The molecule has 2 N–H and O–H groups in total. The van der Waals surface area contributed by atoms with Gasteiger partial charge in [-0.3, -0.25) is 9.59 Å². The van der Waals surface area contributed by atoms with Gasteiger partial charge in [0.25, 0.3) is 5.91 Å². The van der Waals surface area contributed by atoms with Gasteiger partial charge >= 0.3 is 0 Å². The topological polar surface area (TPSA) is 85.9 Å². The Hall–Kier alpha value is -3.22. The van der Waals surface area contributed by atoms with Crippen LogP contribution < -0.4 is 24.8 Å². The molecule has 7 heteroatoms. The van der Waals surface area contributed by atoms with E-state index in [9.17, 15) is 9.59 Å². The van der Waals surface area contributed by atoms with E-state index in [-0.39, 0.29) is 24.3 Å². The molecule has 0 bridgehead atoms. The van der Waals surface area contributed by atoms with Crippen molar-refractivity contribution in [2.75, 3.05) is 18.5 Å². The Balaban J connectivity index is 1.63. The highest BCUT2D eigenvalue weighted by Crippen LogP contribution is 2.31. The van der Waals surface area contributed by atoms with E-state index in [0.29, 0.717) is 36.1 Å². The van der Waals surface area contributed by atoms with Crippen molar-refractivity contribution >= 4 is 17.5 Å². The number of para-hydroxylation sites is 2. The molecule has 2 aromatic rings. The van der Waals surface area contributed by atoms with Gasteiger partial charge in [-0.25, -0.2) is 0 Å². The van der Waals surface area contributed by atoms with Gasteiger partial charge in [-0.15, -0.1) is 0 Å². The molecule has 0 aromatic heterocycles. The summed E-state index contributed by atoms with van der Waals surface area (Å²) in [6.07, 6.45) is -0.934. The lowest BCUT2D eigenvalue weighted by molar-refractivity contribution is -0.130. The van der Waals surface area contributed by atoms with E-state index in [0.717, 1.165) is 5.56 Å².